The summed E-state index contributed by atoms with van der Waals surface area (Å²) in [5, 5.41) is 6.24. The highest BCUT2D eigenvalue weighted by Crippen LogP contribution is 2.23. The van der Waals surface area contributed by atoms with Crippen molar-refractivity contribution < 1.29 is 9.59 Å². The van der Waals surface area contributed by atoms with Crippen LogP contribution in [-0.4, -0.2) is 23.8 Å². The van der Waals surface area contributed by atoms with Gasteiger partial charge in [0.25, 0.3) is 5.91 Å². The Labute approximate surface area is 108 Å². The summed E-state index contributed by atoms with van der Waals surface area (Å²) in [5.41, 5.74) is -0.0173. The molecule has 1 saturated heterocycles. The Bertz CT molecular complexity index is 393. The predicted octanol–water partition coefficient (Wildman–Crippen LogP) is 1.52. The van der Waals surface area contributed by atoms with Crippen molar-refractivity contribution in [3.05, 3.63) is 11.8 Å². The molecule has 2 N–H and O–H groups in total. The van der Waals surface area contributed by atoms with Gasteiger partial charge in [-0.15, -0.1) is 0 Å². The Morgan fingerprint density at radius 2 is 1.72 bits per heavy atom. The topological polar surface area (TPSA) is 58.2 Å². The third kappa shape index (κ3) is 2.74. The van der Waals surface area contributed by atoms with Crippen LogP contribution in [0.5, 0.6) is 0 Å². The zero-order valence-electron chi connectivity index (χ0n) is 11.4. The molecular weight excluding hydrogens is 228 g/mol. The Morgan fingerprint density at radius 3 is 2.28 bits per heavy atom. The summed E-state index contributed by atoms with van der Waals surface area (Å²) in [6.45, 7) is 5.57. The van der Waals surface area contributed by atoms with Crippen molar-refractivity contribution in [3.8, 4) is 0 Å². The lowest BCUT2D eigenvalue weighted by Crippen LogP contribution is -2.58. The molecular formula is C14H22N2O2. The maximum absolute atomic E-state index is 11.9. The molecule has 18 heavy (non-hydrogen) atoms. The van der Waals surface area contributed by atoms with Crippen LogP contribution in [-0.2, 0) is 9.59 Å². The van der Waals surface area contributed by atoms with Crippen molar-refractivity contribution in [1.29, 1.82) is 0 Å². The first kappa shape index (κ1) is 13.1. The molecule has 0 aromatic carbocycles. The van der Waals surface area contributed by atoms with Gasteiger partial charge in [0, 0.05) is 23.6 Å². The largest absolute Gasteiger partial charge is 0.376 e. The van der Waals surface area contributed by atoms with E-state index in [2.05, 4.69) is 10.6 Å². The number of hydrogen-bond donors (Lipinski definition) is 2. The second-order valence-corrected chi connectivity index (χ2v) is 6.29. The molecule has 0 aromatic rings. The summed E-state index contributed by atoms with van der Waals surface area (Å²) in [6, 6.07) is 0.517. The van der Waals surface area contributed by atoms with E-state index in [-0.39, 0.29) is 23.8 Å². The molecule has 1 heterocycles. The van der Waals surface area contributed by atoms with Crippen LogP contribution in [0, 0.1) is 5.41 Å². The Morgan fingerprint density at radius 1 is 1.17 bits per heavy atom. The average molecular weight is 250 g/mol. The van der Waals surface area contributed by atoms with Crippen LogP contribution in [0.25, 0.3) is 0 Å². The molecule has 2 fully saturated rings. The molecule has 100 valence electrons. The zero-order chi connectivity index (χ0) is 13.3. The quantitative estimate of drug-likeness (QED) is 0.694. The molecule has 0 aromatic heterocycles. The number of nitrogens with one attached hydrogen (secondary N) is 2. The molecule has 4 nitrogen and oxygen atoms in total. The van der Waals surface area contributed by atoms with Gasteiger partial charge in [-0.3, -0.25) is 9.59 Å². The van der Waals surface area contributed by atoms with E-state index < -0.39 is 5.41 Å². The normalized spacial score (nSPS) is 30.4. The minimum atomic E-state index is -0.446. The summed E-state index contributed by atoms with van der Waals surface area (Å²) in [5.74, 6) is -0.162. The van der Waals surface area contributed by atoms with Crippen molar-refractivity contribution in [3.63, 3.8) is 0 Å². The van der Waals surface area contributed by atoms with Gasteiger partial charge in [0.05, 0.1) is 0 Å². The van der Waals surface area contributed by atoms with Gasteiger partial charge < -0.3 is 10.6 Å². The van der Waals surface area contributed by atoms with Gasteiger partial charge in [-0.05, 0) is 12.8 Å². The van der Waals surface area contributed by atoms with E-state index >= 15 is 0 Å². The first-order chi connectivity index (χ1) is 8.38. The summed E-state index contributed by atoms with van der Waals surface area (Å²) >= 11 is 0. The maximum Gasteiger partial charge on any atom is 0.267 e. The van der Waals surface area contributed by atoms with Crippen molar-refractivity contribution in [2.45, 2.75) is 58.5 Å². The molecule has 0 radical (unpaired) electrons. The Kier molecular flexibility index (Phi) is 3.46. The van der Waals surface area contributed by atoms with Crippen molar-refractivity contribution in [2.75, 3.05) is 0 Å². The molecule has 1 amide bonds. The highest BCUT2D eigenvalue weighted by atomic mass is 16.2. The lowest BCUT2D eigenvalue weighted by molar-refractivity contribution is -0.123. The first-order valence-corrected chi connectivity index (χ1v) is 6.71. The molecule has 1 aliphatic carbocycles. The summed E-state index contributed by atoms with van der Waals surface area (Å²) in [6.07, 6.45) is 5.91. The molecule has 4 heteroatoms. The molecule has 2 rings (SSSR count). The lowest BCUT2D eigenvalue weighted by Gasteiger charge is -2.38. The SMILES string of the molecule is CC(C)(C)C(=O)/C=C1\N[C@@H]2CCCC[C@@H]2NC1=O. The van der Waals surface area contributed by atoms with E-state index in [9.17, 15) is 9.59 Å². The fourth-order valence-electron chi connectivity index (χ4n) is 2.44. The number of amides is 1. The molecule has 0 unspecified atom stereocenters. The number of hydrogen-bond acceptors (Lipinski definition) is 3. The number of piperazine rings is 1. The van der Waals surface area contributed by atoms with Crippen molar-refractivity contribution in [1.82, 2.24) is 10.6 Å². The molecule has 1 aliphatic heterocycles. The van der Waals surface area contributed by atoms with Crippen LogP contribution >= 0.6 is 0 Å². The minimum Gasteiger partial charge on any atom is -0.376 e. The number of fused-ring (bicyclic) bond motifs is 1. The Balaban J connectivity index is 2.12. The van der Waals surface area contributed by atoms with Gasteiger partial charge in [0.15, 0.2) is 5.78 Å². The first-order valence-electron chi connectivity index (χ1n) is 6.71. The summed E-state index contributed by atoms with van der Waals surface area (Å²) in [7, 11) is 0. The number of rotatable bonds is 1. The fourth-order valence-corrected chi connectivity index (χ4v) is 2.44. The van der Waals surface area contributed by atoms with Gasteiger partial charge in [0.1, 0.15) is 5.70 Å². The predicted molar refractivity (Wildman–Crippen MR) is 69.9 cm³/mol. The number of carbonyl (C=O) groups excluding carboxylic acids is 2. The zero-order valence-corrected chi connectivity index (χ0v) is 11.4. The van der Waals surface area contributed by atoms with Crippen LogP contribution in [0.1, 0.15) is 46.5 Å². The Hall–Kier alpha value is -1.32. The number of ketones is 1. The molecule has 1 saturated carbocycles. The third-order valence-electron chi connectivity index (χ3n) is 3.68. The van der Waals surface area contributed by atoms with E-state index in [1.165, 1.54) is 18.9 Å². The summed E-state index contributed by atoms with van der Waals surface area (Å²) in [4.78, 5) is 23.9. The van der Waals surface area contributed by atoms with Crippen LogP contribution in [0.2, 0.25) is 0 Å². The lowest BCUT2D eigenvalue weighted by atomic mass is 9.87. The third-order valence-corrected chi connectivity index (χ3v) is 3.68. The van der Waals surface area contributed by atoms with Crippen LogP contribution in [0.4, 0.5) is 0 Å². The monoisotopic (exact) mass is 250 g/mol. The minimum absolute atomic E-state index is 0.0191. The van der Waals surface area contributed by atoms with Crippen LogP contribution in [0.3, 0.4) is 0 Å². The van der Waals surface area contributed by atoms with Gasteiger partial charge >= 0.3 is 0 Å². The van der Waals surface area contributed by atoms with E-state index in [0.717, 1.165) is 12.8 Å². The van der Waals surface area contributed by atoms with Gasteiger partial charge in [-0.2, -0.15) is 0 Å². The van der Waals surface area contributed by atoms with Crippen molar-refractivity contribution >= 4 is 11.7 Å². The highest BCUT2D eigenvalue weighted by molar-refractivity contribution is 6.03. The molecule has 0 spiro atoms. The number of carbonyl (C=O) groups is 2. The van der Waals surface area contributed by atoms with Crippen molar-refractivity contribution in [2.24, 2.45) is 5.41 Å². The molecule has 0 bridgehead atoms. The van der Waals surface area contributed by atoms with E-state index in [0.29, 0.717) is 5.70 Å². The second-order valence-electron chi connectivity index (χ2n) is 6.29. The van der Waals surface area contributed by atoms with Crippen LogP contribution in [0.15, 0.2) is 11.8 Å². The molecule has 2 aliphatic rings. The highest BCUT2D eigenvalue weighted by Gasteiger charge is 2.33. The van der Waals surface area contributed by atoms with Gasteiger partial charge in [-0.25, -0.2) is 0 Å². The maximum atomic E-state index is 11.9. The van der Waals surface area contributed by atoms with E-state index in [4.69, 9.17) is 0 Å². The number of allylic oxidation sites excluding steroid dienone is 1. The fraction of sp³-hybridized carbons (Fsp3) is 0.714. The average Bonchev–Trinajstić information content (AvgIpc) is 2.28. The van der Waals surface area contributed by atoms with E-state index in [1.807, 2.05) is 20.8 Å². The smallest absolute Gasteiger partial charge is 0.267 e. The van der Waals surface area contributed by atoms with Crippen LogP contribution < -0.4 is 10.6 Å². The van der Waals surface area contributed by atoms with E-state index in [1.54, 1.807) is 0 Å². The van der Waals surface area contributed by atoms with Gasteiger partial charge in [0.2, 0.25) is 0 Å². The standard InChI is InChI=1S/C14H22N2O2/c1-14(2,3)12(17)8-11-13(18)16-10-7-5-4-6-9(10)15-11/h8-10,15H,4-7H2,1-3H3,(H,16,18)/b11-8-/t9-,10+/m1/s1. The summed E-state index contributed by atoms with van der Waals surface area (Å²) < 4.78 is 0. The second kappa shape index (κ2) is 4.75. The molecule has 2 atom stereocenters. The van der Waals surface area contributed by atoms with Gasteiger partial charge in [-0.1, -0.05) is 33.6 Å².